The Hall–Kier alpha value is -1.40. The van der Waals surface area contributed by atoms with Gasteiger partial charge in [-0.2, -0.15) is 0 Å². The van der Waals surface area contributed by atoms with Crippen LogP contribution in [-0.2, 0) is 16.0 Å². The lowest BCUT2D eigenvalue weighted by Crippen LogP contribution is -2.45. The lowest BCUT2D eigenvalue weighted by molar-refractivity contribution is -0.139. The van der Waals surface area contributed by atoms with Crippen LogP contribution in [-0.4, -0.2) is 41.0 Å². The van der Waals surface area contributed by atoms with Crippen molar-refractivity contribution < 1.29 is 14.7 Å². The third kappa shape index (κ3) is 4.05. The van der Waals surface area contributed by atoms with E-state index in [2.05, 4.69) is 4.90 Å². The van der Waals surface area contributed by atoms with Crippen molar-refractivity contribution in [1.29, 1.82) is 0 Å². The minimum atomic E-state index is -0.774. The second kappa shape index (κ2) is 6.85. The molecule has 1 unspecified atom stereocenters. The van der Waals surface area contributed by atoms with E-state index >= 15 is 0 Å². The molecular weight excluding hydrogens is 276 g/mol. The van der Waals surface area contributed by atoms with E-state index in [9.17, 15) is 9.59 Å². The molecule has 6 heteroatoms. The van der Waals surface area contributed by atoms with E-state index in [1.165, 1.54) is 4.88 Å². The number of likely N-dealkylation sites (tertiary alicyclic amines) is 1. The first-order chi connectivity index (χ1) is 9.56. The molecule has 1 atom stereocenters. The minimum absolute atomic E-state index is 0.0000217. The fraction of sp³-hybridized carbons (Fsp3) is 0.571. The van der Waals surface area contributed by atoms with E-state index in [-0.39, 0.29) is 24.3 Å². The molecule has 1 aromatic heterocycles. The minimum Gasteiger partial charge on any atom is -0.481 e. The van der Waals surface area contributed by atoms with Gasteiger partial charge in [0.1, 0.15) is 0 Å². The predicted molar refractivity (Wildman–Crippen MR) is 77.6 cm³/mol. The summed E-state index contributed by atoms with van der Waals surface area (Å²) >= 11 is 1.65. The first kappa shape index (κ1) is 15.0. The van der Waals surface area contributed by atoms with Gasteiger partial charge < -0.3 is 10.8 Å². The molecule has 20 heavy (non-hydrogen) atoms. The molecule has 0 aliphatic carbocycles. The summed E-state index contributed by atoms with van der Waals surface area (Å²) < 4.78 is 0. The first-order valence-corrected chi connectivity index (χ1v) is 7.71. The average Bonchev–Trinajstić information content (AvgIpc) is 2.90. The number of aliphatic carboxylic acids is 1. The van der Waals surface area contributed by atoms with E-state index in [4.69, 9.17) is 10.8 Å². The van der Waals surface area contributed by atoms with Crippen molar-refractivity contribution in [2.45, 2.75) is 31.7 Å². The van der Waals surface area contributed by atoms with Crippen LogP contribution in [0, 0.1) is 5.92 Å². The summed E-state index contributed by atoms with van der Waals surface area (Å²) in [5.41, 5.74) is 5.33. The van der Waals surface area contributed by atoms with E-state index in [1.807, 2.05) is 17.5 Å². The molecule has 0 bridgehead atoms. The van der Waals surface area contributed by atoms with Crippen LogP contribution >= 0.6 is 11.3 Å². The lowest BCUT2D eigenvalue weighted by Gasteiger charge is -2.36. The molecule has 1 aliphatic rings. The Morgan fingerprint density at radius 1 is 1.45 bits per heavy atom. The number of carboxylic acids is 1. The number of nitrogens with two attached hydrogens (primary N) is 1. The van der Waals surface area contributed by atoms with Crippen molar-refractivity contribution in [3.05, 3.63) is 22.4 Å². The number of thiophene rings is 1. The molecule has 5 nitrogen and oxygen atoms in total. The van der Waals surface area contributed by atoms with E-state index < -0.39 is 5.97 Å². The van der Waals surface area contributed by atoms with Crippen LogP contribution in [0.3, 0.4) is 0 Å². The highest BCUT2D eigenvalue weighted by Crippen LogP contribution is 2.23. The summed E-state index contributed by atoms with van der Waals surface area (Å²) in [6.07, 6.45) is 2.36. The quantitative estimate of drug-likeness (QED) is 0.829. The van der Waals surface area contributed by atoms with Crippen LogP contribution in [0.1, 0.15) is 24.1 Å². The number of primary amides is 1. The van der Waals surface area contributed by atoms with Crippen molar-refractivity contribution in [3.63, 3.8) is 0 Å². The standard InChI is InChI=1S/C14H20N2O3S/c15-14(19)10-3-5-16(6-4-10)11(9-13(17)18)8-12-2-1-7-20-12/h1-2,7,10-11H,3-6,8-9H2,(H2,15,19)(H,17,18). The molecule has 0 aromatic carbocycles. The van der Waals surface area contributed by atoms with Crippen LogP contribution in [0.2, 0.25) is 0 Å². The second-order valence-electron chi connectivity index (χ2n) is 5.25. The van der Waals surface area contributed by atoms with E-state index in [0.29, 0.717) is 0 Å². The largest absolute Gasteiger partial charge is 0.481 e. The molecule has 1 aliphatic heterocycles. The summed E-state index contributed by atoms with van der Waals surface area (Å²) in [7, 11) is 0. The van der Waals surface area contributed by atoms with Gasteiger partial charge in [0, 0.05) is 16.8 Å². The third-order valence-corrected chi connectivity index (χ3v) is 4.77. The molecule has 1 amide bonds. The van der Waals surface area contributed by atoms with Crippen LogP contribution in [0.15, 0.2) is 17.5 Å². The topological polar surface area (TPSA) is 83.6 Å². The predicted octanol–water partition coefficient (Wildman–Crippen LogP) is 1.33. The Labute approximate surface area is 122 Å². The summed E-state index contributed by atoms with van der Waals surface area (Å²) in [6.45, 7) is 1.49. The van der Waals surface area contributed by atoms with Crippen LogP contribution < -0.4 is 5.73 Å². The summed E-state index contributed by atoms with van der Waals surface area (Å²) in [6, 6.07) is 4.02. The van der Waals surface area contributed by atoms with Gasteiger partial charge in [-0.25, -0.2) is 0 Å². The Morgan fingerprint density at radius 2 is 2.15 bits per heavy atom. The van der Waals surface area contributed by atoms with Gasteiger partial charge in [0.05, 0.1) is 6.42 Å². The monoisotopic (exact) mass is 296 g/mol. The summed E-state index contributed by atoms with van der Waals surface area (Å²) in [5.74, 6) is -1.07. The Morgan fingerprint density at radius 3 is 2.65 bits per heavy atom. The Kier molecular flexibility index (Phi) is 5.14. The number of carbonyl (C=O) groups is 2. The van der Waals surface area contributed by atoms with Gasteiger partial charge in [-0.1, -0.05) is 6.07 Å². The van der Waals surface area contributed by atoms with Gasteiger partial charge >= 0.3 is 5.97 Å². The maximum Gasteiger partial charge on any atom is 0.304 e. The number of hydrogen-bond acceptors (Lipinski definition) is 4. The van der Waals surface area contributed by atoms with Gasteiger partial charge in [-0.3, -0.25) is 14.5 Å². The average molecular weight is 296 g/mol. The molecular formula is C14H20N2O3S. The van der Waals surface area contributed by atoms with Crippen molar-refractivity contribution in [2.75, 3.05) is 13.1 Å². The highest BCUT2D eigenvalue weighted by atomic mass is 32.1. The summed E-state index contributed by atoms with van der Waals surface area (Å²) in [4.78, 5) is 25.6. The number of nitrogens with zero attached hydrogens (tertiary/aromatic N) is 1. The maximum absolute atomic E-state index is 11.2. The van der Waals surface area contributed by atoms with E-state index in [0.717, 1.165) is 32.4 Å². The number of amides is 1. The molecule has 2 heterocycles. The Balaban J connectivity index is 1.97. The molecule has 0 spiro atoms. The number of carbonyl (C=O) groups excluding carboxylic acids is 1. The number of carboxylic acid groups (broad SMARTS) is 1. The molecule has 0 saturated carbocycles. The van der Waals surface area contributed by atoms with Crippen molar-refractivity contribution in [2.24, 2.45) is 11.7 Å². The highest BCUT2D eigenvalue weighted by Gasteiger charge is 2.28. The lowest BCUT2D eigenvalue weighted by atomic mass is 9.94. The normalized spacial score (nSPS) is 18.8. The van der Waals surface area contributed by atoms with Gasteiger partial charge in [0.25, 0.3) is 0 Å². The van der Waals surface area contributed by atoms with Gasteiger partial charge in [0.2, 0.25) is 5.91 Å². The smallest absolute Gasteiger partial charge is 0.304 e. The number of hydrogen-bond donors (Lipinski definition) is 2. The molecule has 0 radical (unpaired) electrons. The fourth-order valence-corrected chi connectivity index (χ4v) is 3.52. The molecule has 2 rings (SSSR count). The zero-order valence-corrected chi connectivity index (χ0v) is 12.1. The van der Waals surface area contributed by atoms with Gasteiger partial charge in [0.15, 0.2) is 0 Å². The molecule has 1 fully saturated rings. The first-order valence-electron chi connectivity index (χ1n) is 6.84. The molecule has 3 N–H and O–H groups in total. The number of piperidine rings is 1. The fourth-order valence-electron chi connectivity index (χ4n) is 2.74. The SMILES string of the molecule is NC(=O)C1CCN(C(CC(=O)O)Cc2cccs2)CC1. The van der Waals surface area contributed by atoms with Crippen molar-refractivity contribution in [3.8, 4) is 0 Å². The summed E-state index contributed by atoms with van der Waals surface area (Å²) in [5, 5.41) is 11.1. The van der Waals surface area contributed by atoms with Gasteiger partial charge in [-0.15, -0.1) is 11.3 Å². The molecule has 1 aromatic rings. The molecule has 110 valence electrons. The van der Waals surface area contributed by atoms with Crippen LogP contribution in [0.25, 0.3) is 0 Å². The Bertz CT molecular complexity index is 453. The van der Waals surface area contributed by atoms with Crippen molar-refractivity contribution >= 4 is 23.2 Å². The van der Waals surface area contributed by atoms with Crippen molar-refractivity contribution in [1.82, 2.24) is 4.90 Å². The molecule has 1 saturated heterocycles. The number of rotatable bonds is 6. The van der Waals surface area contributed by atoms with Crippen LogP contribution in [0.5, 0.6) is 0 Å². The second-order valence-corrected chi connectivity index (χ2v) is 6.28. The highest BCUT2D eigenvalue weighted by molar-refractivity contribution is 7.09. The van der Waals surface area contributed by atoms with E-state index in [1.54, 1.807) is 11.3 Å². The zero-order valence-electron chi connectivity index (χ0n) is 11.3. The maximum atomic E-state index is 11.2. The van der Waals surface area contributed by atoms with Crippen LogP contribution in [0.4, 0.5) is 0 Å². The van der Waals surface area contributed by atoms with Gasteiger partial charge in [-0.05, 0) is 43.8 Å². The third-order valence-electron chi connectivity index (χ3n) is 3.88. The zero-order chi connectivity index (χ0) is 14.5.